The molecule has 0 aromatic carbocycles. The molecule has 0 aliphatic rings. The summed E-state index contributed by atoms with van der Waals surface area (Å²) in [5, 5.41) is 5.52. The Morgan fingerprint density at radius 2 is 2.25 bits per heavy atom. The van der Waals surface area contributed by atoms with Gasteiger partial charge >= 0.3 is 5.97 Å². The van der Waals surface area contributed by atoms with Crippen molar-refractivity contribution in [3.63, 3.8) is 0 Å². The largest absolute Gasteiger partial charge is 0.463 e. The molecule has 1 N–H and O–H groups in total. The van der Waals surface area contributed by atoms with E-state index in [1.54, 1.807) is 23.5 Å². The molecule has 2 aromatic rings. The molecular weight excluding hydrogens is 274 g/mol. The Kier molecular flexibility index (Phi) is 4.98. The van der Waals surface area contributed by atoms with Gasteiger partial charge in [-0.1, -0.05) is 6.92 Å². The summed E-state index contributed by atoms with van der Waals surface area (Å²) in [6, 6.07) is 5.65. The zero-order valence-electron chi connectivity index (χ0n) is 11.9. The molecule has 5 heteroatoms. The van der Waals surface area contributed by atoms with Crippen molar-refractivity contribution in [1.29, 1.82) is 0 Å². The first kappa shape index (κ1) is 14.8. The molecule has 0 fully saturated rings. The summed E-state index contributed by atoms with van der Waals surface area (Å²) >= 11 is 1.76. The van der Waals surface area contributed by atoms with Crippen LogP contribution in [0.1, 0.15) is 46.6 Å². The molecule has 2 aromatic heterocycles. The van der Waals surface area contributed by atoms with E-state index >= 15 is 0 Å². The number of furan rings is 1. The molecule has 0 amide bonds. The highest BCUT2D eigenvalue weighted by molar-refractivity contribution is 7.10. The van der Waals surface area contributed by atoms with Crippen molar-refractivity contribution >= 4 is 17.3 Å². The van der Waals surface area contributed by atoms with E-state index in [0.29, 0.717) is 0 Å². The fourth-order valence-corrected chi connectivity index (χ4v) is 2.91. The normalized spacial score (nSPS) is 12.3. The Morgan fingerprint density at radius 3 is 2.95 bits per heavy atom. The molecule has 0 spiro atoms. The number of thiophene rings is 1. The molecule has 0 saturated carbocycles. The van der Waals surface area contributed by atoms with Crippen LogP contribution in [-0.4, -0.2) is 13.1 Å². The lowest BCUT2D eigenvalue weighted by Gasteiger charge is -2.11. The molecule has 4 nitrogen and oxygen atoms in total. The number of ether oxygens (including phenoxy) is 1. The molecule has 2 rings (SSSR count). The maximum Gasteiger partial charge on any atom is 0.373 e. The molecule has 0 aliphatic carbocycles. The van der Waals surface area contributed by atoms with Gasteiger partial charge in [-0.2, -0.15) is 0 Å². The van der Waals surface area contributed by atoms with Crippen LogP contribution in [0.2, 0.25) is 0 Å². The first-order valence-electron chi connectivity index (χ1n) is 6.62. The molecule has 0 saturated heterocycles. The Balaban J connectivity index is 1.96. The predicted octanol–water partition coefficient (Wildman–Crippen LogP) is 3.54. The number of methoxy groups -OCH3 is 1. The van der Waals surface area contributed by atoms with E-state index in [4.69, 9.17) is 4.42 Å². The number of esters is 1. The molecule has 108 valence electrons. The van der Waals surface area contributed by atoms with Crippen LogP contribution in [0.4, 0.5) is 0 Å². The second kappa shape index (κ2) is 6.72. The zero-order chi connectivity index (χ0) is 14.5. The van der Waals surface area contributed by atoms with Gasteiger partial charge < -0.3 is 14.5 Å². The van der Waals surface area contributed by atoms with Gasteiger partial charge in [0.15, 0.2) is 0 Å². The second-order valence-electron chi connectivity index (χ2n) is 4.52. The number of hydrogen-bond donors (Lipinski definition) is 1. The summed E-state index contributed by atoms with van der Waals surface area (Å²) in [5.74, 6) is 0.525. The molecule has 20 heavy (non-hydrogen) atoms. The minimum Gasteiger partial charge on any atom is -0.463 e. The SMILES string of the molecule is CCc1ccsc1CNC(C)c1ccc(C(=O)OC)o1. The first-order chi connectivity index (χ1) is 9.65. The minimum atomic E-state index is -0.449. The van der Waals surface area contributed by atoms with E-state index in [9.17, 15) is 4.79 Å². The van der Waals surface area contributed by atoms with Crippen molar-refractivity contribution in [3.05, 3.63) is 45.5 Å². The lowest BCUT2D eigenvalue weighted by Crippen LogP contribution is -2.17. The van der Waals surface area contributed by atoms with Crippen LogP contribution < -0.4 is 5.32 Å². The molecule has 0 aliphatic heterocycles. The van der Waals surface area contributed by atoms with Gasteiger partial charge in [-0.25, -0.2) is 4.79 Å². The number of carbonyl (C=O) groups excluding carboxylic acids is 1. The summed E-state index contributed by atoms with van der Waals surface area (Å²) in [6.45, 7) is 4.97. The number of nitrogens with one attached hydrogen (secondary N) is 1. The van der Waals surface area contributed by atoms with Crippen molar-refractivity contribution in [2.45, 2.75) is 32.9 Å². The second-order valence-corrected chi connectivity index (χ2v) is 5.52. The van der Waals surface area contributed by atoms with Crippen molar-refractivity contribution < 1.29 is 13.9 Å². The van der Waals surface area contributed by atoms with Gasteiger partial charge in [0.1, 0.15) is 5.76 Å². The smallest absolute Gasteiger partial charge is 0.373 e. The molecule has 1 unspecified atom stereocenters. The lowest BCUT2D eigenvalue weighted by atomic mass is 10.2. The summed E-state index contributed by atoms with van der Waals surface area (Å²) in [7, 11) is 1.34. The number of carbonyl (C=O) groups is 1. The van der Waals surface area contributed by atoms with Gasteiger partial charge in [0.2, 0.25) is 5.76 Å². The van der Waals surface area contributed by atoms with Gasteiger partial charge in [0.05, 0.1) is 13.2 Å². The monoisotopic (exact) mass is 293 g/mol. The van der Waals surface area contributed by atoms with Gasteiger partial charge in [-0.15, -0.1) is 11.3 Å². The fraction of sp³-hybridized carbons (Fsp3) is 0.400. The number of hydrogen-bond acceptors (Lipinski definition) is 5. The Morgan fingerprint density at radius 1 is 1.45 bits per heavy atom. The molecular formula is C15H19NO3S. The van der Waals surface area contributed by atoms with E-state index in [1.165, 1.54) is 17.6 Å². The van der Waals surface area contributed by atoms with E-state index in [2.05, 4.69) is 28.4 Å². The van der Waals surface area contributed by atoms with Crippen LogP contribution in [0, 0.1) is 0 Å². The van der Waals surface area contributed by atoms with Crippen molar-refractivity contribution in [2.75, 3.05) is 7.11 Å². The lowest BCUT2D eigenvalue weighted by molar-refractivity contribution is 0.0562. The highest BCUT2D eigenvalue weighted by Gasteiger charge is 2.15. The fourth-order valence-electron chi connectivity index (χ4n) is 1.98. The Labute approximate surface area is 122 Å². The third-order valence-corrected chi connectivity index (χ3v) is 4.19. The highest BCUT2D eigenvalue weighted by atomic mass is 32.1. The molecule has 2 heterocycles. The first-order valence-corrected chi connectivity index (χ1v) is 7.50. The average Bonchev–Trinajstić information content (AvgIpc) is 3.12. The Hall–Kier alpha value is -1.59. The number of aryl methyl sites for hydroxylation is 1. The maximum absolute atomic E-state index is 11.3. The van der Waals surface area contributed by atoms with E-state index in [0.717, 1.165) is 18.7 Å². The summed E-state index contributed by atoms with van der Waals surface area (Å²) in [5.41, 5.74) is 1.38. The van der Waals surface area contributed by atoms with Crippen molar-refractivity contribution in [2.24, 2.45) is 0 Å². The summed E-state index contributed by atoms with van der Waals surface area (Å²) in [4.78, 5) is 12.7. The van der Waals surface area contributed by atoms with E-state index in [-0.39, 0.29) is 11.8 Å². The topological polar surface area (TPSA) is 51.5 Å². The van der Waals surface area contributed by atoms with Crippen LogP contribution in [0.3, 0.4) is 0 Å². The van der Waals surface area contributed by atoms with Gasteiger partial charge in [0.25, 0.3) is 0 Å². The zero-order valence-corrected chi connectivity index (χ0v) is 12.8. The van der Waals surface area contributed by atoms with Crippen molar-refractivity contribution in [1.82, 2.24) is 5.32 Å². The van der Waals surface area contributed by atoms with E-state index in [1.807, 2.05) is 6.92 Å². The van der Waals surface area contributed by atoms with Gasteiger partial charge in [-0.05, 0) is 42.5 Å². The summed E-state index contributed by atoms with van der Waals surface area (Å²) < 4.78 is 10.1. The minimum absolute atomic E-state index is 0.0419. The molecule has 0 radical (unpaired) electrons. The van der Waals surface area contributed by atoms with Crippen LogP contribution in [0.15, 0.2) is 28.0 Å². The third kappa shape index (κ3) is 3.29. The van der Waals surface area contributed by atoms with Crippen molar-refractivity contribution in [3.8, 4) is 0 Å². The molecule has 1 atom stereocenters. The van der Waals surface area contributed by atoms with Crippen LogP contribution >= 0.6 is 11.3 Å². The van der Waals surface area contributed by atoms with Crippen LogP contribution in [0.25, 0.3) is 0 Å². The molecule has 0 bridgehead atoms. The van der Waals surface area contributed by atoms with Gasteiger partial charge in [-0.3, -0.25) is 0 Å². The summed E-state index contributed by atoms with van der Waals surface area (Å²) in [6.07, 6.45) is 1.04. The highest BCUT2D eigenvalue weighted by Crippen LogP contribution is 2.20. The van der Waals surface area contributed by atoms with Crippen LogP contribution in [0.5, 0.6) is 0 Å². The predicted molar refractivity (Wildman–Crippen MR) is 79.0 cm³/mol. The average molecular weight is 293 g/mol. The van der Waals surface area contributed by atoms with Gasteiger partial charge in [0, 0.05) is 11.4 Å². The maximum atomic E-state index is 11.3. The van der Waals surface area contributed by atoms with E-state index < -0.39 is 5.97 Å². The Bertz CT molecular complexity index is 573. The quantitative estimate of drug-likeness (QED) is 0.828. The standard InChI is InChI=1S/C15H19NO3S/c1-4-11-7-8-20-14(11)9-16-10(2)12-5-6-13(19-12)15(17)18-3/h5-8,10,16H,4,9H2,1-3H3. The third-order valence-electron chi connectivity index (χ3n) is 3.23. The number of rotatable bonds is 6. The van der Waals surface area contributed by atoms with Crippen LogP contribution in [-0.2, 0) is 17.7 Å².